The zero-order valence-electron chi connectivity index (χ0n) is 31.1. The van der Waals surface area contributed by atoms with Crippen molar-refractivity contribution in [3.8, 4) is 10.6 Å². The topological polar surface area (TPSA) is 131 Å². The molecular formula is C36H51N5O7S2. The second-order valence-corrected chi connectivity index (χ2v) is 17.6. The molecule has 1 aromatic carbocycles. The highest BCUT2D eigenvalue weighted by Crippen LogP contribution is 2.47. The van der Waals surface area contributed by atoms with Crippen molar-refractivity contribution in [3.05, 3.63) is 34.7 Å². The average molecular weight is 730 g/mol. The fourth-order valence-corrected chi connectivity index (χ4v) is 7.65. The molecule has 0 saturated carbocycles. The lowest BCUT2D eigenvalue weighted by Gasteiger charge is -2.30. The molecule has 0 radical (unpaired) electrons. The molecule has 4 rings (SSSR count). The monoisotopic (exact) mass is 729 g/mol. The van der Waals surface area contributed by atoms with Gasteiger partial charge in [0.05, 0.1) is 16.8 Å². The second kappa shape index (κ2) is 15.1. The zero-order chi connectivity index (χ0) is 37.2. The largest absolute Gasteiger partial charge is 0.444 e. The van der Waals surface area contributed by atoms with Crippen molar-refractivity contribution < 1.29 is 33.4 Å². The van der Waals surface area contributed by atoms with Crippen LogP contribution in [-0.2, 0) is 32.0 Å². The molecule has 3 heterocycles. The minimum Gasteiger partial charge on any atom is -0.444 e. The number of nitrogens with zero attached hydrogens (tertiary/aromatic N) is 4. The molecule has 1 aliphatic heterocycles. The van der Waals surface area contributed by atoms with E-state index in [9.17, 15) is 19.2 Å². The van der Waals surface area contributed by atoms with Crippen molar-refractivity contribution in [3.63, 3.8) is 0 Å². The van der Waals surface area contributed by atoms with Gasteiger partial charge in [-0.05, 0) is 100 Å². The number of aromatic nitrogens is 1. The normalized spacial score (nSPS) is 13.6. The lowest BCUT2D eigenvalue weighted by molar-refractivity contribution is -0.119. The Kier molecular flexibility index (Phi) is 11.8. The molecule has 0 saturated heterocycles. The van der Waals surface area contributed by atoms with Crippen LogP contribution >= 0.6 is 22.7 Å². The maximum absolute atomic E-state index is 13.9. The molecule has 0 unspecified atom stereocenters. The van der Waals surface area contributed by atoms with Crippen molar-refractivity contribution >= 4 is 62.1 Å². The molecule has 0 spiro atoms. The summed E-state index contributed by atoms with van der Waals surface area (Å²) >= 11 is 2.85. The predicted octanol–water partition coefficient (Wildman–Crippen LogP) is 7.82. The molecule has 0 bridgehead atoms. The van der Waals surface area contributed by atoms with Crippen LogP contribution in [0.2, 0.25) is 0 Å². The molecule has 14 heteroatoms. The standard InChI is InChI=1S/C36H51N5O7S2/c1-22(2)40(32(44)47-35(6,7)8)19-17-37-27(42)21-41(33(45)48-36(9,10)11)30-28(29-38-24-14-12-13-15-25(24)49-29)23-16-18-39(20-26(23)50-30)31(43)46-34(3,4)5/h12-15,22H,16-21H2,1-11H3,(H,37,42). The molecule has 4 amide bonds. The van der Waals surface area contributed by atoms with E-state index in [1.807, 2.05) is 58.9 Å². The van der Waals surface area contributed by atoms with E-state index in [1.54, 1.807) is 51.3 Å². The number of benzene rings is 1. The minimum absolute atomic E-state index is 0.148. The highest BCUT2D eigenvalue weighted by Gasteiger charge is 2.36. The van der Waals surface area contributed by atoms with E-state index < -0.39 is 41.0 Å². The van der Waals surface area contributed by atoms with Gasteiger partial charge in [-0.3, -0.25) is 9.69 Å². The molecular weight excluding hydrogens is 679 g/mol. The van der Waals surface area contributed by atoms with Gasteiger partial charge in [-0.15, -0.1) is 22.7 Å². The lowest BCUT2D eigenvalue weighted by Crippen LogP contribution is -2.47. The summed E-state index contributed by atoms with van der Waals surface area (Å²) in [6, 6.07) is 7.65. The van der Waals surface area contributed by atoms with E-state index in [1.165, 1.54) is 27.6 Å². The van der Waals surface area contributed by atoms with Crippen LogP contribution in [0, 0.1) is 0 Å². The smallest absolute Gasteiger partial charge is 0.415 e. The van der Waals surface area contributed by atoms with Crippen molar-refractivity contribution in [1.82, 2.24) is 20.1 Å². The Morgan fingerprint density at radius 3 is 2.12 bits per heavy atom. The van der Waals surface area contributed by atoms with Gasteiger partial charge in [0, 0.05) is 36.1 Å². The van der Waals surface area contributed by atoms with E-state index in [0.717, 1.165) is 26.2 Å². The molecule has 50 heavy (non-hydrogen) atoms. The number of fused-ring (bicyclic) bond motifs is 2. The maximum Gasteiger partial charge on any atom is 0.415 e. The number of hydrogen-bond donors (Lipinski definition) is 1. The number of rotatable bonds is 8. The number of para-hydroxylation sites is 1. The van der Waals surface area contributed by atoms with Gasteiger partial charge in [0.2, 0.25) is 5.91 Å². The molecule has 1 N–H and O–H groups in total. The fraction of sp³-hybridized carbons (Fsp3) is 0.583. The Balaban J connectivity index is 1.69. The highest BCUT2D eigenvalue weighted by molar-refractivity contribution is 7.23. The fourth-order valence-electron chi connectivity index (χ4n) is 5.19. The molecule has 0 atom stereocenters. The summed E-state index contributed by atoms with van der Waals surface area (Å²) in [6.07, 6.45) is -1.05. The first-order chi connectivity index (χ1) is 23.1. The summed E-state index contributed by atoms with van der Waals surface area (Å²) in [5.74, 6) is -0.430. The Morgan fingerprint density at radius 2 is 1.52 bits per heavy atom. The summed E-state index contributed by atoms with van der Waals surface area (Å²) in [4.78, 5) is 63.8. The van der Waals surface area contributed by atoms with E-state index in [0.29, 0.717) is 23.0 Å². The van der Waals surface area contributed by atoms with Gasteiger partial charge < -0.3 is 29.3 Å². The third-order valence-electron chi connectivity index (χ3n) is 7.28. The van der Waals surface area contributed by atoms with Gasteiger partial charge in [-0.2, -0.15) is 0 Å². The SMILES string of the molecule is CC(C)N(CCNC(=O)CN(C(=O)OC(C)(C)C)c1sc2c(c1-c1nc3ccccc3s1)CCN(C(=O)OC(C)(C)C)C2)C(=O)OC(C)(C)C. The molecule has 12 nitrogen and oxygen atoms in total. The van der Waals surface area contributed by atoms with E-state index >= 15 is 0 Å². The second-order valence-electron chi connectivity index (χ2n) is 15.5. The first-order valence-corrected chi connectivity index (χ1v) is 18.5. The summed E-state index contributed by atoms with van der Waals surface area (Å²) in [5, 5.41) is 4.10. The Morgan fingerprint density at radius 1 is 0.900 bits per heavy atom. The van der Waals surface area contributed by atoms with Gasteiger partial charge >= 0.3 is 18.3 Å². The van der Waals surface area contributed by atoms with Gasteiger partial charge in [0.1, 0.15) is 33.4 Å². The Hall–Kier alpha value is -3.91. The third-order valence-corrected chi connectivity index (χ3v) is 9.58. The maximum atomic E-state index is 13.9. The van der Waals surface area contributed by atoms with Crippen LogP contribution in [0.3, 0.4) is 0 Å². The van der Waals surface area contributed by atoms with E-state index in [-0.39, 0.29) is 32.2 Å². The number of hydrogen-bond acceptors (Lipinski definition) is 10. The van der Waals surface area contributed by atoms with Crippen molar-refractivity contribution in [2.75, 3.05) is 31.1 Å². The lowest BCUT2D eigenvalue weighted by atomic mass is 10.0. The van der Waals surface area contributed by atoms with Crippen LogP contribution in [0.15, 0.2) is 24.3 Å². The van der Waals surface area contributed by atoms with Gasteiger partial charge in [-0.25, -0.2) is 19.4 Å². The van der Waals surface area contributed by atoms with Gasteiger partial charge in [-0.1, -0.05) is 12.1 Å². The number of nitrogens with one attached hydrogen (secondary N) is 1. The van der Waals surface area contributed by atoms with E-state index in [2.05, 4.69) is 5.32 Å². The zero-order valence-corrected chi connectivity index (χ0v) is 32.7. The summed E-state index contributed by atoms with van der Waals surface area (Å²) in [6.45, 7) is 20.7. The van der Waals surface area contributed by atoms with Crippen molar-refractivity contribution in [2.45, 2.75) is 112 Å². The first-order valence-electron chi connectivity index (χ1n) is 16.9. The number of carbonyl (C=O) groups is 4. The number of thiophene rings is 1. The Labute approximate surface area is 303 Å². The number of carbonyl (C=O) groups excluding carboxylic acids is 4. The van der Waals surface area contributed by atoms with Crippen LogP contribution in [0.5, 0.6) is 0 Å². The first kappa shape index (κ1) is 38.9. The van der Waals surface area contributed by atoms with Crippen molar-refractivity contribution in [1.29, 1.82) is 0 Å². The number of amides is 4. The van der Waals surface area contributed by atoms with E-state index in [4.69, 9.17) is 19.2 Å². The van der Waals surface area contributed by atoms with Crippen LogP contribution in [0.25, 0.3) is 20.8 Å². The molecule has 274 valence electrons. The molecule has 2 aromatic heterocycles. The third kappa shape index (κ3) is 10.3. The summed E-state index contributed by atoms with van der Waals surface area (Å²) in [7, 11) is 0. The minimum atomic E-state index is -0.836. The summed E-state index contributed by atoms with van der Waals surface area (Å²) in [5.41, 5.74) is 0.409. The molecule has 0 fully saturated rings. The van der Waals surface area contributed by atoms with Crippen LogP contribution in [0.4, 0.5) is 19.4 Å². The molecule has 0 aliphatic carbocycles. The molecule has 1 aliphatic rings. The molecule has 3 aromatic rings. The quantitative estimate of drug-likeness (QED) is 0.232. The predicted molar refractivity (Wildman–Crippen MR) is 198 cm³/mol. The van der Waals surface area contributed by atoms with Gasteiger partial charge in [0.15, 0.2) is 0 Å². The van der Waals surface area contributed by atoms with Crippen LogP contribution < -0.4 is 10.2 Å². The number of thiazole rings is 1. The van der Waals surface area contributed by atoms with Gasteiger partial charge in [0.25, 0.3) is 0 Å². The highest BCUT2D eigenvalue weighted by atomic mass is 32.1. The average Bonchev–Trinajstić information content (AvgIpc) is 3.55. The van der Waals surface area contributed by atoms with Crippen LogP contribution in [-0.4, -0.2) is 88.0 Å². The summed E-state index contributed by atoms with van der Waals surface area (Å²) < 4.78 is 18.0. The van der Waals surface area contributed by atoms with Crippen LogP contribution in [0.1, 0.15) is 86.6 Å². The number of anilines is 1. The Bertz CT molecular complexity index is 1680. The van der Waals surface area contributed by atoms with Crippen molar-refractivity contribution in [2.24, 2.45) is 0 Å². The number of ether oxygens (including phenoxy) is 3.